The zero-order valence-corrected chi connectivity index (χ0v) is 28.1. The number of hydrogen-bond acceptors (Lipinski definition) is 1. The van der Waals surface area contributed by atoms with Gasteiger partial charge >= 0.3 is 0 Å². The topological polar surface area (TPSA) is 14.2 Å². The Hall–Kier alpha value is -5.08. The minimum absolute atomic E-state index is 0.234. The van der Waals surface area contributed by atoms with Crippen LogP contribution in [0.25, 0.3) is 50.1 Å². The van der Waals surface area contributed by atoms with Crippen LogP contribution >= 0.6 is 0 Å². The zero-order valence-electron chi connectivity index (χ0n) is 28.1. The number of fused-ring (bicyclic) bond motifs is 3. The predicted molar refractivity (Wildman–Crippen MR) is 205 cm³/mol. The number of aromatic nitrogens is 1. The van der Waals surface area contributed by atoms with E-state index >= 15 is 0 Å². The second kappa shape index (κ2) is 14.8. The van der Waals surface area contributed by atoms with Gasteiger partial charge in [-0.05, 0) is 102 Å². The van der Waals surface area contributed by atoms with E-state index in [1.807, 2.05) is 6.08 Å². The summed E-state index contributed by atoms with van der Waals surface area (Å²) >= 11 is 0. The smallest absolute Gasteiger partial charge is 0.115 e. The predicted octanol–water partition coefficient (Wildman–Crippen LogP) is 12.7. The molecule has 48 heavy (non-hydrogen) atoms. The summed E-state index contributed by atoms with van der Waals surface area (Å²) in [5, 5.41) is 2.59. The van der Waals surface area contributed by atoms with Gasteiger partial charge in [0.15, 0.2) is 0 Å². The first-order chi connectivity index (χ1) is 23.7. The van der Waals surface area contributed by atoms with Crippen LogP contribution in [0, 0.1) is 6.92 Å². The molecule has 0 N–H and O–H groups in total. The molecular formula is C46H45NO. The summed E-state index contributed by atoms with van der Waals surface area (Å²) < 4.78 is 8.74. The summed E-state index contributed by atoms with van der Waals surface area (Å²) in [5.41, 5.74) is 11.4. The van der Waals surface area contributed by atoms with Crippen molar-refractivity contribution in [3.05, 3.63) is 163 Å². The van der Waals surface area contributed by atoms with Gasteiger partial charge in [0.2, 0.25) is 0 Å². The lowest BCUT2D eigenvalue weighted by Gasteiger charge is -2.21. The summed E-state index contributed by atoms with van der Waals surface area (Å²) in [7, 11) is 0. The van der Waals surface area contributed by atoms with Gasteiger partial charge in [0.25, 0.3) is 0 Å². The number of unbranched alkanes of at least 4 members (excludes halogenated alkanes) is 4. The molecule has 1 unspecified atom stereocenters. The van der Waals surface area contributed by atoms with Crippen molar-refractivity contribution >= 4 is 27.9 Å². The third kappa shape index (κ3) is 7.09. The second-order valence-corrected chi connectivity index (χ2v) is 13.1. The van der Waals surface area contributed by atoms with Crippen molar-refractivity contribution in [3.63, 3.8) is 0 Å². The van der Waals surface area contributed by atoms with Crippen molar-refractivity contribution in [2.45, 2.75) is 57.9 Å². The van der Waals surface area contributed by atoms with Crippen LogP contribution < -0.4 is 0 Å². The largest absolute Gasteiger partial charge is 0.494 e. The second-order valence-electron chi connectivity index (χ2n) is 13.1. The first-order valence-corrected chi connectivity index (χ1v) is 17.6. The van der Waals surface area contributed by atoms with Gasteiger partial charge in [-0.25, -0.2) is 0 Å². The quantitative estimate of drug-likeness (QED) is 0.116. The number of allylic oxidation sites excluding steroid dienone is 3. The number of ether oxygens (including phenoxy) is 1. The highest BCUT2D eigenvalue weighted by atomic mass is 16.5. The molecular weight excluding hydrogens is 583 g/mol. The summed E-state index contributed by atoms with van der Waals surface area (Å²) in [6.45, 7) is 6.76. The van der Waals surface area contributed by atoms with Gasteiger partial charge in [-0.2, -0.15) is 0 Å². The average Bonchev–Trinajstić information content (AvgIpc) is 3.47. The maximum absolute atomic E-state index is 6.22. The van der Waals surface area contributed by atoms with Crippen molar-refractivity contribution in [2.75, 3.05) is 6.61 Å². The van der Waals surface area contributed by atoms with Crippen LogP contribution in [0.4, 0.5) is 0 Å². The number of rotatable bonds is 13. The molecule has 0 amide bonds. The summed E-state index contributed by atoms with van der Waals surface area (Å²) in [5.74, 6) is 1.00. The minimum atomic E-state index is 0.234. The van der Waals surface area contributed by atoms with Crippen molar-refractivity contribution in [3.8, 4) is 22.3 Å². The highest BCUT2D eigenvalue weighted by molar-refractivity contribution is 6.10. The third-order valence-electron chi connectivity index (χ3n) is 9.76. The molecule has 0 saturated heterocycles. The molecule has 1 aliphatic carbocycles. The molecule has 1 heterocycles. The normalized spacial score (nSPS) is 14.4. The van der Waals surface area contributed by atoms with Crippen molar-refractivity contribution < 1.29 is 4.74 Å². The lowest BCUT2D eigenvalue weighted by molar-refractivity contribution is 0.213. The van der Waals surface area contributed by atoms with Crippen LogP contribution in [0.5, 0.6) is 0 Å². The SMILES string of the molecule is C=Cc1ccc(CCCCCCCOC2=CCC(n3c4ccc(-c5ccccc5)cc4c4cc(-c5ccc(C)cc5)ccc43)C=C2)cc1. The molecule has 0 fully saturated rings. The molecule has 5 aromatic carbocycles. The minimum Gasteiger partial charge on any atom is -0.494 e. The van der Waals surface area contributed by atoms with Crippen molar-refractivity contribution in [2.24, 2.45) is 0 Å². The molecule has 2 heteroatoms. The van der Waals surface area contributed by atoms with E-state index in [0.29, 0.717) is 0 Å². The Labute approximate surface area is 285 Å². The van der Waals surface area contributed by atoms with Gasteiger partial charge in [0.1, 0.15) is 5.76 Å². The lowest BCUT2D eigenvalue weighted by Crippen LogP contribution is -2.09. The molecule has 0 bridgehead atoms. The Morgan fingerprint density at radius 1 is 0.688 bits per heavy atom. The highest BCUT2D eigenvalue weighted by Gasteiger charge is 2.19. The Balaban J connectivity index is 1.01. The van der Waals surface area contributed by atoms with E-state index in [4.69, 9.17) is 4.74 Å². The molecule has 2 nitrogen and oxygen atoms in total. The number of aryl methyl sites for hydroxylation is 2. The van der Waals surface area contributed by atoms with E-state index in [0.717, 1.165) is 31.6 Å². The van der Waals surface area contributed by atoms with Crippen LogP contribution in [0.3, 0.4) is 0 Å². The summed E-state index contributed by atoms with van der Waals surface area (Å²) in [6, 6.07) is 42.5. The van der Waals surface area contributed by atoms with E-state index in [1.165, 1.54) is 86.4 Å². The third-order valence-corrected chi connectivity index (χ3v) is 9.76. The fourth-order valence-corrected chi connectivity index (χ4v) is 7.01. The highest BCUT2D eigenvalue weighted by Crippen LogP contribution is 2.39. The fraction of sp³-hybridized carbons (Fsp3) is 0.217. The van der Waals surface area contributed by atoms with Crippen LogP contribution in [-0.2, 0) is 11.2 Å². The van der Waals surface area contributed by atoms with Gasteiger partial charge in [-0.1, -0.05) is 135 Å². The molecule has 1 aromatic heterocycles. The lowest BCUT2D eigenvalue weighted by atomic mass is 10.00. The van der Waals surface area contributed by atoms with Crippen molar-refractivity contribution in [1.82, 2.24) is 4.57 Å². The van der Waals surface area contributed by atoms with Crippen molar-refractivity contribution in [1.29, 1.82) is 0 Å². The first-order valence-electron chi connectivity index (χ1n) is 17.6. The number of hydrogen-bond donors (Lipinski definition) is 0. The maximum Gasteiger partial charge on any atom is 0.115 e. The maximum atomic E-state index is 6.22. The molecule has 7 rings (SSSR count). The van der Waals surface area contributed by atoms with E-state index < -0.39 is 0 Å². The van der Waals surface area contributed by atoms with E-state index in [1.54, 1.807) is 0 Å². The van der Waals surface area contributed by atoms with Crippen LogP contribution in [0.15, 0.2) is 146 Å². The Morgan fingerprint density at radius 2 is 1.31 bits per heavy atom. The molecule has 1 atom stereocenters. The number of benzene rings is 5. The standard InChI is InChI=1S/C46H45NO/c1-3-35-17-19-36(20-18-35)12-8-5-4-6-11-31-48-42-27-25-41(26-28-42)47-45-29-23-39(37-13-9-7-10-14-37)32-43(45)44-33-40(24-30-46(44)47)38-21-15-34(2)16-22-38/h3,7,9-10,13-25,27-30,32-33,41H,1,4-6,8,11-12,26,31H2,2H3. The Morgan fingerprint density at radius 3 is 1.96 bits per heavy atom. The molecule has 0 radical (unpaired) electrons. The zero-order chi connectivity index (χ0) is 32.7. The molecule has 0 spiro atoms. The first kappa shape index (κ1) is 31.5. The molecule has 0 aliphatic heterocycles. The van der Waals surface area contributed by atoms with Gasteiger partial charge in [-0.3, -0.25) is 0 Å². The van der Waals surface area contributed by atoms with Gasteiger partial charge in [0.05, 0.1) is 12.6 Å². The van der Waals surface area contributed by atoms with E-state index in [9.17, 15) is 0 Å². The number of nitrogens with zero attached hydrogens (tertiary/aromatic N) is 1. The molecule has 6 aromatic rings. The monoisotopic (exact) mass is 627 g/mol. The van der Waals surface area contributed by atoms with Crippen LogP contribution in [-0.4, -0.2) is 11.2 Å². The van der Waals surface area contributed by atoms with Gasteiger partial charge in [0, 0.05) is 21.8 Å². The molecule has 240 valence electrons. The van der Waals surface area contributed by atoms with Crippen LogP contribution in [0.2, 0.25) is 0 Å². The van der Waals surface area contributed by atoms with Gasteiger partial charge < -0.3 is 9.30 Å². The molecule has 0 saturated carbocycles. The Kier molecular flexibility index (Phi) is 9.70. The van der Waals surface area contributed by atoms with E-state index in [-0.39, 0.29) is 6.04 Å². The molecule has 1 aliphatic rings. The van der Waals surface area contributed by atoms with Gasteiger partial charge in [-0.15, -0.1) is 0 Å². The fourth-order valence-electron chi connectivity index (χ4n) is 7.01. The van der Waals surface area contributed by atoms with Crippen LogP contribution in [0.1, 0.15) is 61.3 Å². The summed E-state index contributed by atoms with van der Waals surface area (Å²) in [6.07, 6.45) is 16.8. The average molecular weight is 628 g/mol. The van der Waals surface area contributed by atoms with E-state index in [2.05, 4.69) is 152 Å². The Bertz CT molecular complexity index is 2060. The summed E-state index contributed by atoms with van der Waals surface area (Å²) in [4.78, 5) is 0.